The molecule has 2 rings (SSSR count). The van der Waals surface area contributed by atoms with E-state index in [1.54, 1.807) is 30.5 Å². The third-order valence-electron chi connectivity index (χ3n) is 3.42. The minimum atomic E-state index is -0.262. The molecule has 1 N–H and O–H groups in total. The number of nitrogens with zero attached hydrogens (tertiary/aromatic N) is 2. The SMILES string of the molecule is CCCOc1ccc(C(=O)N/N=C/c2ccc(N(C)C)c(Br)c2)cc1. The Kier molecular flexibility index (Phi) is 7.01. The van der Waals surface area contributed by atoms with Gasteiger partial charge >= 0.3 is 0 Å². The highest BCUT2D eigenvalue weighted by molar-refractivity contribution is 9.10. The first-order chi connectivity index (χ1) is 12.0. The van der Waals surface area contributed by atoms with Crippen LogP contribution in [0.3, 0.4) is 0 Å². The number of ether oxygens (including phenoxy) is 1. The Morgan fingerprint density at radius 1 is 1.24 bits per heavy atom. The molecule has 0 saturated heterocycles. The quantitative estimate of drug-likeness (QED) is 0.559. The predicted octanol–water partition coefficient (Wildman–Crippen LogP) is 4.07. The van der Waals surface area contributed by atoms with Crippen LogP contribution in [0.2, 0.25) is 0 Å². The first-order valence-electron chi connectivity index (χ1n) is 8.04. The second kappa shape index (κ2) is 9.22. The van der Waals surface area contributed by atoms with E-state index in [2.05, 4.69) is 26.5 Å². The molecule has 0 aliphatic carbocycles. The monoisotopic (exact) mass is 403 g/mol. The van der Waals surface area contributed by atoms with E-state index in [1.807, 2.05) is 44.1 Å². The summed E-state index contributed by atoms with van der Waals surface area (Å²) in [7, 11) is 3.96. The van der Waals surface area contributed by atoms with Crippen LogP contribution in [0, 0.1) is 0 Å². The number of halogens is 1. The van der Waals surface area contributed by atoms with Crippen LogP contribution in [0.5, 0.6) is 5.75 Å². The number of nitrogens with one attached hydrogen (secondary N) is 1. The number of carbonyl (C=O) groups excluding carboxylic acids is 1. The highest BCUT2D eigenvalue weighted by atomic mass is 79.9. The number of anilines is 1. The van der Waals surface area contributed by atoms with Gasteiger partial charge in [-0.1, -0.05) is 13.0 Å². The van der Waals surface area contributed by atoms with Gasteiger partial charge in [-0.3, -0.25) is 4.79 Å². The molecule has 0 radical (unpaired) electrons. The molecule has 25 heavy (non-hydrogen) atoms. The fraction of sp³-hybridized carbons (Fsp3) is 0.263. The molecule has 132 valence electrons. The molecule has 0 aliphatic heterocycles. The van der Waals surface area contributed by atoms with Gasteiger partial charge in [0.2, 0.25) is 0 Å². The lowest BCUT2D eigenvalue weighted by molar-refractivity contribution is 0.0955. The van der Waals surface area contributed by atoms with Crippen LogP contribution < -0.4 is 15.1 Å². The summed E-state index contributed by atoms with van der Waals surface area (Å²) in [6, 6.07) is 12.9. The average Bonchev–Trinajstić information content (AvgIpc) is 2.60. The second-order valence-electron chi connectivity index (χ2n) is 5.68. The maximum absolute atomic E-state index is 12.1. The van der Waals surface area contributed by atoms with Gasteiger partial charge in [0.15, 0.2) is 0 Å². The number of benzene rings is 2. The highest BCUT2D eigenvalue weighted by Gasteiger charge is 2.05. The van der Waals surface area contributed by atoms with Crippen molar-refractivity contribution in [3.05, 3.63) is 58.1 Å². The molecule has 0 bridgehead atoms. The molecule has 0 heterocycles. The summed E-state index contributed by atoms with van der Waals surface area (Å²) in [5.74, 6) is 0.495. The first kappa shape index (κ1) is 19.0. The number of hydrogen-bond acceptors (Lipinski definition) is 4. The summed E-state index contributed by atoms with van der Waals surface area (Å²) in [5.41, 5.74) is 5.03. The zero-order valence-corrected chi connectivity index (χ0v) is 16.2. The first-order valence-corrected chi connectivity index (χ1v) is 8.83. The van der Waals surface area contributed by atoms with Crippen molar-refractivity contribution in [3.63, 3.8) is 0 Å². The summed E-state index contributed by atoms with van der Waals surface area (Å²) in [5, 5.41) is 4.02. The average molecular weight is 404 g/mol. The van der Waals surface area contributed by atoms with Crippen molar-refractivity contribution in [1.29, 1.82) is 0 Å². The molecule has 6 heteroatoms. The summed E-state index contributed by atoms with van der Waals surface area (Å²) in [6.07, 6.45) is 2.56. The number of rotatable bonds is 7. The minimum Gasteiger partial charge on any atom is -0.494 e. The van der Waals surface area contributed by atoms with Crippen LogP contribution in [0.25, 0.3) is 0 Å². The van der Waals surface area contributed by atoms with E-state index in [9.17, 15) is 4.79 Å². The molecule has 5 nitrogen and oxygen atoms in total. The zero-order chi connectivity index (χ0) is 18.2. The Morgan fingerprint density at radius 3 is 2.56 bits per heavy atom. The van der Waals surface area contributed by atoms with Gasteiger partial charge in [0.25, 0.3) is 5.91 Å². The van der Waals surface area contributed by atoms with E-state index in [1.165, 1.54) is 0 Å². The Bertz CT molecular complexity index is 743. The Labute approximate surface area is 156 Å². The van der Waals surface area contributed by atoms with Crippen LogP contribution in [-0.2, 0) is 0 Å². The van der Waals surface area contributed by atoms with Crippen molar-refractivity contribution in [2.75, 3.05) is 25.6 Å². The number of hydrogen-bond donors (Lipinski definition) is 1. The van der Waals surface area contributed by atoms with Gasteiger partial charge in [-0.2, -0.15) is 5.10 Å². The highest BCUT2D eigenvalue weighted by Crippen LogP contribution is 2.25. The largest absolute Gasteiger partial charge is 0.494 e. The summed E-state index contributed by atoms with van der Waals surface area (Å²) in [6.45, 7) is 2.71. The normalized spacial score (nSPS) is 10.7. The van der Waals surface area contributed by atoms with Crippen LogP contribution in [0.1, 0.15) is 29.3 Å². The molecule has 1 amide bonds. The van der Waals surface area contributed by atoms with E-state index < -0.39 is 0 Å². The molecule has 0 saturated carbocycles. The van der Waals surface area contributed by atoms with E-state index in [0.717, 1.165) is 27.9 Å². The molecular formula is C19H22BrN3O2. The van der Waals surface area contributed by atoms with E-state index in [4.69, 9.17) is 4.74 Å². The minimum absolute atomic E-state index is 0.262. The van der Waals surface area contributed by atoms with Gasteiger partial charge in [-0.05, 0) is 64.3 Å². The number of amides is 1. The third-order valence-corrected chi connectivity index (χ3v) is 4.06. The fourth-order valence-electron chi connectivity index (χ4n) is 2.12. The molecular weight excluding hydrogens is 382 g/mol. The maximum atomic E-state index is 12.1. The molecule has 0 unspecified atom stereocenters. The lowest BCUT2D eigenvalue weighted by atomic mass is 10.2. The topological polar surface area (TPSA) is 53.9 Å². The lowest BCUT2D eigenvalue weighted by Crippen LogP contribution is -2.17. The zero-order valence-electron chi connectivity index (χ0n) is 14.6. The standard InChI is InChI=1S/C19H22BrN3O2/c1-4-11-25-16-8-6-15(7-9-16)19(24)22-21-13-14-5-10-18(23(2)3)17(20)12-14/h5-10,12-13H,4,11H2,1-3H3,(H,22,24)/b21-13+. The van der Waals surface area contributed by atoms with Crippen LogP contribution in [0.4, 0.5) is 5.69 Å². The van der Waals surface area contributed by atoms with Crippen LogP contribution in [-0.4, -0.2) is 32.8 Å². The second-order valence-corrected chi connectivity index (χ2v) is 6.53. The third kappa shape index (κ3) is 5.60. The Morgan fingerprint density at radius 2 is 1.96 bits per heavy atom. The molecule has 2 aromatic rings. The van der Waals surface area contributed by atoms with Gasteiger partial charge in [-0.15, -0.1) is 0 Å². The molecule has 0 aliphatic rings. The Balaban J connectivity index is 1.95. The van der Waals surface area contributed by atoms with Crippen molar-refractivity contribution in [1.82, 2.24) is 5.43 Å². The molecule has 0 aromatic heterocycles. The van der Waals surface area contributed by atoms with Crippen molar-refractivity contribution in [2.24, 2.45) is 5.10 Å². The van der Waals surface area contributed by atoms with Crippen molar-refractivity contribution >= 4 is 33.7 Å². The van der Waals surface area contributed by atoms with Crippen molar-refractivity contribution in [2.45, 2.75) is 13.3 Å². The predicted molar refractivity (Wildman–Crippen MR) is 106 cm³/mol. The van der Waals surface area contributed by atoms with Crippen LogP contribution >= 0.6 is 15.9 Å². The Hall–Kier alpha value is -2.34. The summed E-state index contributed by atoms with van der Waals surface area (Å²) in [4.78, 5) is 14.1. The van der Waals surface area contributed by atoms with Gasteiger partial charge in [0.1, 0.15) is 5.75 Å². The number of carbonyl (C=O) groups is 1. The molecule has 0 fully saturated rings. The van der Waals surface area contributed by atoms with Crippen molar-refractivity contribution < 1.29 is 9.53 Å². The van der Waals surface area contributed by atoms with Gasteiger partial charge in [-0.25, -0.2) is 5.43 Å². The maximum Gasteiger partial charge on any atom is 0.271 e. The van der Waals surface area contributed by atoms with Crippen LogP contribution in [0.15, 0.2) is 52.0 Å². The molecule has 2 aromatic carbocycles. The van der Waals surface area contributed by atoms with E-state index in [0.29, 0.717) is 12.2 Å². The fourth-order valence-corrected chi connectivity index (χ4v) is 2.87. The van der Waals surface area contributed by atoms with Gasteiger partial charge in [0.05, 0.1) is 18.5 Å². The smallest absolute Gasteiger partial charge is 0.271 e. The summed E-state index contributed by atoms with van der Waals surface area (Å²) < 4.78 is 6.47. The van der Waals surface area contributed by atoms with E-state index in [-0.39, 0.29) is 5.91 Å². The van der Waals surface area contributed by atoms with Crippen molar-refractivity contribution in [3.8, 4) is 5.75 Å². The molecule has 0 spiro atoms. The van der Waals surface area contributed by atoms with Gasteiger partial charge in [0, 0.05) is 24.1 Å². The molecule has 0 atom stereocenters. The van der Waals surface area contributed by atoms with E-state index >= 15 is 0 Å². The number of hydrazone groups is 1. The summed E-state index contributed by atoms with van der Waals surface area (Å²) >= 11 is 3.53. The lowest BCUT2D eigenvalue weighted by Gasteiger charge is -2.14. The van der Waals surface area contributed by atoms with Gasteiger partial charge < -0.3 is 9.64 Å².